The Morgan fingerprint density at radius 3 is 3.00 bits per heavy atom. The van der Waals surface area contributed by atoms with Crippen LogP contribution in [0.4, 0.5) is 0 Å². The number of fused-ring (bicyclic) bond motifs is 1. The van der Waals surface area contributed by atoms with Gasteiger partial charge in [-0.05, 0) is 12.8 Å². The van der Waals surface area contributed by atoms with Gasteiger partial charge in [0, 0.05) is 19.0 Å². The standard InChI is InChI=1S/C9H12ClN3/c10-9-8(6-1-2-6)12-7-5-11-3-4-13(7)9/h6,11H,1-5H2. The van der Waals surface area contributed by atoms with Gasteiger partial charge in [0.25, 0.3) is 0 Å². The molecule has 1 aromatic rings. The molecule has 1 aliphatic carbocycles. The highest BCUT2D eigenvalue weighted by Crippen LogP contribution is 2.42. The quantitative estimate of drug-likeness (QED) is 0.740. The molecule has 1 aliphatic heterocycles. The third-order valence-electron chi connectivity index (χ3n) is 2.77. The van der Waals surface area contributed by atoms with Gasteiger partial charge in [-0.25, -0.2) is 4.98 Å². The zero-order chi connectivity index (χ0) is 8.84. The highest BCUT2D eigenvalue weighted by atomic mass is 35.5. The van der Waals surface area contributed by atoms with Crippen molar-refractivity contribution in [2.24, 2.45) is 0 Å². The summed E-state index contributed by atoms with van der Waals surface area (Å²) in [5.74, 6) is 1.77. The van der Waals surface area contributed by atoms with Gasteiger partial charge in [-0.15, -0.1) is 0 Å². The van der Waals surface area contributed by atoms with Crippen LogP contribution in [-0.2, 0) is 13.1 Å². The van der Waals surface area contributed by atoms with Crippen LogP contribution >= 0.6 is 11.6 Å². The summed E-state index contributed by atoms with van der Waals surface area (Å²) < 4.78 is 2.14. The zero-order valence-corrected chi connectivity index (χ0v) is 8.14. The van der Waals surface area contributed by atoms with Crippen LogP contribution in [0.25, 0.3) is 0 Å². The Kier molecular flexibility index (Phi) is 1.64. The molecule has 4 heteroatoms. The largest absolute Gasteiger partial charge is 0.317 e. The van der Waals surface area contributed by atoms with Crippen LogP contribution in [0.2, 0.25) is 5.15 Å². The minimum absolute atomic E-state index is 0.658. The lowest BCUT2D eigenvalue weighted by atomic mass is 10.3. The second-order valence-corrected chi connectivity index (χ2v) is 4.16. The van der Waals surface area contributed by atoms with Gasteiger partial charge in [-0.1, -0.05) is 11.6 Å². The van der Waals surface area contributed by atoms with Gasteiger partial charge in [0.15, 0.2) is 0 Å². The van der Waals surface area contributed by atoms with Crippen LogP contribution in [0.1, 0.15) is 30.3 Å². The second-order valence-electron chi connectivity index (χ2n) is 3.81. The van der Waals surface area contributed by atoms with Crippen molar-refractivity contribution < 1.29 is 0 Å². The Labute approximate surface area is 82.1 Å². The van der Waals surface area contributed by atoms with Gasteiger partial charge >= 0.3 is 0 Å². The first-order valence-electron chi connectivity index (χ1n) is 4.82. The number of imidazole rings is 1. The molecule has 1 fully saturated rings. The smallest absolute Gasteiger partial charge is 0.132 e. The molecule has 2 aliphatic rings. The van der Waals surface area contributed by atoms with E-state index in [1.54, 1.807) is 0 Å². The maximum atomic E-state index is 6.25. The number of hydrogen-bond acceptors (Lipinski definition) is 2. The van der Waals surface area contributed by atoms with E-state index in [1.165, 1.54) is 12.8 Å². The third-order valence-corrected chi connectivity index (χ3v) is 3.17. The first-order valence-corrected chi connectivity index (χ1v) is 5.19. The van der Waals surface area contributed by atoms with Crippen molar-refractivity contribution in [3.05, 3.63) is 16.7 Å². The summed E-state index contributed by atoms with van der Waals surface area (Å²) in [5, 5.41) is 4.19. The number of nitrogens with zero attached hydrogens (tertiary/aromatic N) is 2. The zero-order valence-electron chi connectivity index (χ0n) is 7.39. The minimum Gasteiger partial charge on any atom is -0.317 e. The Hall–Kier alpha value is -0.540. The van der Waals surface area contributed by atoms with Crippen molar-refractivity contribution in [1.82, 2.24) is 14.9 Å². The third kappa shape index (κ3) is 1.18. The monoisotopic (exact) mass is 197 g/mol. The van der Waals surface area contributed by atoms with Gasteiger partial charge < -0.3 is 9.88 Å². The molecule has 0 spiro atoms. The molecule has 70 valence electrons. The van der Waals surface area contributed by atoms with E-state index >= 15 is 0 Å². The average Bonchev–Trinajstić information content (AvgIpc) is 2.94. The number of hydrogen-bond donors (Lipinski definition) is 1. The number of aromatic nitrogens is 2. The van der Waals surface area contributed by atoms with E-state index in [-0.39, 0.29) is 0 Å². The highest BCUT2D eigenvalue weighted by Gasteiger charge is 2.31. The summed E-state index contributed by atoms with van der Waals surface area (Å²) in [5.41, 5.74) is 1.14. The number of nitrogens with one attached hydrogen (secondary N) is 1. The molecule has 0 saturated heterocycles. The lowest BCUT2D eigenvalue weighted by molar-refractivity contribution is 0.506. The van der Waals surface area contributed by atoms with E-state index in [4.69, 9.17) is 11.6 Å². The molecule has 0 unspecified atom stereocenters. The summed E-state index contributed by atoms with van der Waals surface area (Å²) in [4.78, 5) is 4.58. The van der Waals surface area contributed by atoms with Crippen LogP contribution in [0.15, 0.2) is 0 Å². The van der Waals surface area contributed by atoms with Crippen molar-refractivity contribution >= 4 is 11.6 Å². The van der Waals surface area contributed by atoms with E-state index in [9.17, 15) is 0 Å². The summed E-state index contributed by atoms with van der Waals surface area (Å²) >= 11 is 6.25. The molecule has 0 radical (unpaired) electrons. The van der Waals surface area contributed by atoms with Crippen LogP contribution in [0.5, 0.6) is 0 Å². The molecule has 0 atom stereocenters. The molecule has 0 bridgehead atoms. The number of halogens is 1. The topological polar surface area (TPSA) is 29.9 Å². The SMILES string of the molecule is Clc1c(C2CC2)nc2n1CCNC2. The fraction of sp³-hybridized carbons (Fsp3) is 0.667. The van der Waals surface area contributed by atoms with Crippen molar-refractivity contribution in [2.75, 3.05) is 6.54 Å². The molecule has 2 heterocycles. The van der Waals surface area contributed by atoms with E-state index in [2.05, 4.69) is 14.9 Å². The van der Waals surface area contributed by atoms with Crippen LogP contribution in [-0.4, -0.2) is 16.1 Å². The fourth-order valence-corrected chi connectivity index (χ4v) is 2.25. The summed E-state index contributed by atoms with van der Waals surface area (Å²) in [7, 11) is 0. The van der Waals surface area contributed by atoms with Gasteiger partial charge in [-0.2, -0.15) is 0 Å². The van der Waals surface area contributed by atoms with Crippen molar-refractivity contribution in [2.45, 2.75) is 31.8 Å². The molecule has 13 heavy (non-hydrogen) atoms. The molecule has 3 rings (SSSR count). The molecular weight excluding hydrogens is 186 g/mol. The molecule has 0 amide bonds. The first-order chi connectivity index (χ1) is 6.36. The Bertz CT molecular complexity index is 341. The average molecular weight is 198 g/mol. The molecule has 1 saturated carbocycles. The fourth-order valence-electron chi connectivity index (χ4n) is 1.87. The Morgan fingerprint density at radius 2 is 2.31 bits per heavy atom. The second kappa shape index (κ2) is 2.72. The highest BCUT2D eigenvalue weighted by molar-refractivity contribution is 6.30. The van der Waals surface area contributed by atoms with Crippen LogP contribution < -0.4 is 5.32 Å². The van der Waals surface area contributed by atoms with Crippen molar-refractivity contribution in [3.8, 4) is 0 Å². The summed E-state index contributed by atoms with van der Waals surface area (Å²) in [6.45, 7) is 2.84. The van der Waals surface area contributed by atoms with E-state index in [1.807, 2.05) is 0 Å². The molecule has 1 aromatic heterocycles. The molecule has 1 N–H and O–H groups in total. The van der Waals surface area contributed by atoms with Gasteiger partial charge in [0.05, 0.1) is 12.2 Å². The van der Waals surface area contributed by atoms with Crippen molar-refractivity contribution in [1.29, 1.82) is 0 Å². The first kappa shape index (κ1) is 7.83. The summed E-state index contributed by atoms with van der Waals surface area (Å²) in [6, 6.07) is 0. The molecule has 3 nitrogen and oxygen atoms in total. The van der Waals surface area contributed by atoms with E-state index < -0.39 is 0 Å². The van der Waals surface area contributed by atoms with Gasteiger partial charge in [0.2, 0.25) is 0 Å². The number of rotatable bonds is 1. The van der Waals surface area contributed by atoms with Crippen LogP contribution in [0, 0.1) is 0 Å². The molecular formula is C9H12ClN3. The summed E-state index contributed by atoms with van der Waals surface area (Å²) in [6.07, 6.45) is 2.53. The van der Waals surface area contributed by atoms with Crippen LogP contribution in [0.3, 0.4) is 0 Å². The van der Waals surface area contributed by atoms with Gasteiger partial charge in [0.1, 0.15) is 11.0 Å². The normalized spacial score (nSPS) is 21.6. The lowest BCUT2D eigenvalue weighted by Crippen LogP contribution is -2.28. The Balaban J connectivity index is 2.06. The Morgan fingerprint density at radius 1 is 1.46 bits per heavy atom. The molecule has 0 aromatic carbocycles. The predicted molar refractivity (Wildman–Crippen MR) is 50.9 cm³/mol. The van der Waals surface area contributed by atoms with Crippen molar-refractivity contribution in [3.63, 3.8) is 0 Å². The lowest BCUT2D eigenvalue weighted by Gasteiger charge is -2.15. The minimum atomic E-state index is 0.658. The maximum Gasteiger partial charge on any atom is 0.132 e. The van der Waals surface area contributed by atoms with E-state index in [0.717, 1.165) is 36.3 Å². The predicted octanol–water partition coefficient (Wildman–Crippen LogP) is 1.52. The van der Waals surface area contributed by atoms with E-state index in [0.29, 0.717) is 5.92 Å². The maximum absolute atomic E-state index is 6.25. The van der Waals surface area contributed by atoms with Gasteiger partial charge in [-0.3, -0.25) is 0 Å².